The van der Waals surface area contributed by atoms with Crippen LogP contribution in [0.15, 0.2) is 48.5 Å². The van der Waals surface area contributed by atoms with E-state index in [1.165, 1.54) is 0 Å². The van der Waals surface area contributed by atoms with Crippen LogP contribution in [0.4, 0.5) is 0 Å². The summed E-state index contributed by atoms with van der Waals surface area (Å²) in [4.78, 5) is 14.0. The van der Waals surface area contributed by atoms with Gasteiger partial charge in [-0.1, -0.05) is 29.8 Å². The fourth-order valence-electron chi connectivity index (χ4n) is 2.76. The minimum absolute atomic E-state index is 0.438. The first-order valence-corrected chi connectivity index (χ1v) is 9.72. The maximum Gasteiger partial charge on any atom is 0.152 e. The summed E-state index contributed by atoms with van der Waals surface area (Å²) in [5, 5.41) is 0.438. The molecule has 0 unspecified atom stereocenters. The van der Waals surface area contributed by atoms with E-state index >= 15 is 0 Å². The lowest BCUT2D eigenvalue weighted by atomic mass is 9.94. The van der Waals surface area contributed by atoms with Crippen molar-refractivity contribution in [3.8, 4) is 5.75 Å². The Kier molecular flexibility index (Phi) is 8.04. The molecule has 4 heteroatoms. The predicted molar refractivity (Wildman–Crippen MR) is 120 cm³/mol. The van der Waals surface area contributed by atoms with Gasteiger partial charge in [-0.15, -0.1) is 0 Å². The molecule has 0 atom stereocenters. The third-order valence-electron chi connectivity index (χ3n) is 4.69. The Morgan fingerprint density at radius 2 is 1.75 bits per heavy atom. The number of halogens is 1. The molecule has 0 amide bonds. The molecule has 2 aromatic rings. The summed E-state index contributed by atoms with van der Waals surface area (Å²) in [5.41, 5.74) is 5.38. The van der Waals surface area contributed by atoms with Crippen LogP contribution in [-0.2, 0) is 4.79 Å². The first-order chi connectivity index (χ1) is 13.4. The van der Waals surface area contributed by atoms with Crippen LogP contribution >= 0.6 is 11.6 Å². The maximum absolute atomic E-state index is 11.9. The lowest BCUT2D eigenvalue weighted by Crippen LogP contribution is -2.19. The Balaban J connectivity index is 2.35. The largest absolute Gasteiger partial charge is 0.492 e. The molecule has 2 aromatic carbocycles. The lowest BCUT2D eigenvalue weighted by molar-refractivity contribution is -0.103. The van der Waals surface area contributed by atoms with Crippen molar-refractivity contribution in [2.24, 2.45) is 0 Å². The van der Waals surface area contributed by atoms with Gasteiger partial charge in [-0.25, -0.2) is 0 Å². The highest BCUT2D eigenvalue weighted by Crippen LogP contribution is 2.32. The van der Waals surface area contributed by atoms with E-state index in [4.69, 9.17) is 16.3 Å². The highest BCUT2D eigenvalue weighted by atomic mass is 35.5. The standard InChI is InChI=1S/C24H28ClNO2/c1-6-17(2)20-8-7-18(3)22(15-20)23(16-27)24(25)19-9-11-21(12-10-19)28-14-13-26(4)5/h6-12,15-16H,13-14H2,1-5H3/b17-6+,24-23+. The molecule has 0 aromatic heterocycles. The number of rotatable bonds is 8. The van der Waals surface area contributed by atoms with Gasteiger partial charge in [0.1, 0.15) is 12.4 Å². The SMILES string of the molecule is C/C=C(\C)c1ccc(C)c(/C(C=O)=C(/Cl)c2ccc(OCCN(C)C)cc2)c1. The van der Waals surface area contributed by atoms with E-state index in [0.29, 0.717) is 17.2 Å². The Hall–Kier alpha value is -2.36. The number of carbonyl (C=O) groups is 1. The molecule has 3 nitrogen and oxygen atoms in total. The molecule has 0 aliphatic carbocycles. The molecule has 0 fully saturated rings. The molecular formula is C24H28ClNO2. The van der Waals surface area contributed by atoms with Gasteiger partial charge in [-0.05, 0) is 93.0 Å². The van der Waals surface area contributed by atoms with E-state index in [1.807, 2.05) is 64.3 Å². The Morgan fingerprint density at radius 3 is 2.32 bits per heavy atom. The summed E-state index contributed by atoms with van der Waals surface area (Å²) in [6, 6.07) is 13.6. The quantitative estimate of drug-likeness (QED) is 0.327. The van der Waals surface area contributed by atoms with Crippen molar-refractivity contribution >= 4 is 34.1 Å². The normalized spacial score (nSPS) is 12.8. The van der Waals surface area contributed by atoms with Crippen molar-refractivity contribution in [2.75, 3.05) is 27.2 Å². The first-order valence-electron chi connectivity index (χ1n) is 9.34. The van der Waals surface area contributed by atoms with Crippen LogP contribution in [0.25, 0.3) is 16.2 Å². The Morgan fingerprint density at radius 1 is 1.11 bits per heavy atom. The zero-order valence-corrected chi connectivity index (χ0v) is 18.0. The summed E-state index contributed by atoms with van der Waals surface area (Å²) >= 11 is 6.63. The van der Waals surface area contributed by atoms with Crippen LogP contribution in [-0.4, -0.2) is 38.4 Å². The van der Waals surface area contributed by atoms with Crippen LogP contribution in [0, 0.1) is 6.92 Å². The predicted octanol–water partition coefficient (Wildman–Crippen LogP) is 5.66. The van der Waals surface area contributed by atoms with Crippen molar-refractivity contribution < 1.29 is 9.53 Å². The molecule has 148 valence electrons. The topological polar surface area (TPSA) is 29.5 Å². The fraction of sp³-hybridized carbons (Fsp3) is 0.292. The molecule has 0 saturated carbocycles. The van der Waals surface area contributed by atoms with Crippen molar-refractivity contribution in [1.29, 1.82) is 0 Å². The second kappa shape index (κ2) is 10.3. The zero-order chi connectivity index (χ0) is 20.7. The number of nitrogens with zero attached hydrogens (tertiary/aromatic N) is 1. The number of aldehydes is 1. The number of benzene rings is 2. The second-order valence-corrected chi connectivity index (χ2v) is 7.40. The van der Waals surface area contributed by atoms with E-state index in [0.717, 1.165) is 46.4 Å². The summed E-state index contributed by atoms with van der Waals surface area (Å²) in [6.07, 6.45) is 2.89. The number of hydrogen-bond donors (Lipinski definition) is 0. The third-order valence-corrected chi connectivity index (χ3v) is 5.11. The van der Waals surface area contributed by atoms with Crippen LogP contribution in [0.1, 0.15) is 36.1 Å². The van der Waals surface area contributed by atoms with E-state index < -0.39 is 0 Å². The van der Waals surface area contributed by atoms with Gasteiger partial charge < -0.3 is 9.64 Å². The molecule has 0 aliphatic rings. The minimum atomic E-state index is 0.438. The highest BCUT2D eigenvalue weighted by Gasteiger charge is 2.13. The molecule has 0 spiro atoms. The minimum Gasteiger partial charge on any atom is -0.492 e. The van der Waals surface area contributed by atoms with Crippen LogP contribution in [0.2, 0.25) is 0 Å². The van der Waals surface area contributed by atoms with Crippen molar-refractivity contribution in [3.63, 3.8) is 0 Å². The average molecular weight is 398 g/mol. The molecule has 0 radical (unpaired) electrons. The highest BCUT2D eigenvalue weighted by molar-refractivity contribution is 6.55. The van der Waals surface area contributed by atoms with E-state index in [1.54, 1.807) is 0 Å². The van der Waals surface area contributed by atoms with Crippen molar-refractivity contribution in [2.45, 2.75) is 20.8 Å². The van der Waals surface area contributed by atoms with Gasteiger partial charge in [0, 0.05) is 12.1 Å². The van der Waals surface area contributed by atoms with Gasteiger partial charge in [-0.3, -0.25) is 4.79 Å². The van der Waals surface area contributed by atoms with Crippen LogP contribution in [0.5, 0.6) is 5.75 Å². The number of aryl methyl sites for hydroxylation is 1. The Labute approximate surface area is 173 Å². The number of carbonyl (C=O) groups excluding carboxylic acids is 1. The van der Waals surface area contributed by atoms with Crippen molar-refractivity contribution in [1.82, 2.24) is 4.90 Å². The van der Waals surface area contributed by atoms with Gasteiger partial charge in [0.2, 0.25) is 0 Å². The van der Waals surface area contributed by atoms with Gasteiger partial charge in [0.25, 0.3) is 0 Å². The second-order valence-electron chi connectivity index (χ2n) is 7.02. The summed E-state index contributed by atoms with van der Waals surface area (Å²) in [6.45, 7) is 7.50. The average Bonchev–Trinajstić information content (AvgIpc) is 2.69. The molecular weight excluding hydrogens is 370 g/mol. The Bertz CT molecular complexity index is 880. The first kappa shape index (κ1) is 21.9. The molecule has 0 heterocycles. The van der Waals surface area contributed by atoms with E-state index in [9.17, 15) is 4.79 Å². The molecule has 0 saturated heterocycles. The molecule has 0 aliphatic heterocycles. The third kappa shape index (κ3) is 5.57. The molecule has 0 bridgehead atoms. The smallest absolute Gasteiger partial charge is 0.152 e. The molecule has 2 rings (SSSR count). The van der Waals surface area contributed by atoms with Gasteiger partial charge >= 0.3 is 0 Å². The lowest BCUT2D eigenvalue weighted by Gasteiger charge is -2.13. The van der Waals surface area contributed by atoms with Crippen molar-refractivity contribution in [3.05, 3.63) is 70.8 Å². The maximum atomic E-state index is 11.9. The van der Waals surface area contributed by atoms with Crippen LogP contribution in [0.3, 0.4) is 0 Å². The van der Waals surface area contributed by atoms with Gasteiger partial charge in [-0.2, -0.15) is 0 Å². The van der Waals surface area contributed by atoms with E-state index in [2.05, 4.69) is 24.0 Å². The molecule has 28 heavy (non-hydrogen) atoms. The monoisotopic (exact) mass is 397 g/mol. The summed E-state index contributed by atoms with van der Waals surface area (Å²) < 4.78 is 5.72. The van der Waals surface area contributed by atoms with E-state index in [-0.39, 0.29) is 0 Å². The summed E-state index contributed by atoms with van der Waals surface area (Å²) in [7, 11) is 4.01. The number of likely N-dealkylation sites (N-methyl/N-ethyl adjacent to an activating group) is 1. The zero-order valence-electron chi connectivity index (χ0n) is 17.3. The number of allylic oxidation sites excluding steroid dienone is 3. The van der Waals surface area contributed by atoms with Crippen LogP contribution < -0.4 is 4.74 Å². The van der Waals surface area contributed by atoms with Gasteiger partial charge in [0.15, 0.2) is 6.29 Å². The fourth-order valence-corrected chi connectivity index (χ4v) is 3.03. The van der Waals surface area contributed by atoms with Gasteiger partial charge in [0.05, 0.1) is 5.03 Å². The summed E-state index contributed by atoms with van der Waals surface area (Å²) in [5.74, 6) is 0.782. The number of hydrogen-bond acceptors (Lipinski definition) is 3. The molecule has 0 N–H and O–H groups in total. The number of ether oxygens (including phenoxy) is 1.